The van der Waals surface area contributed by atoms with Gasteiger partial charge in [0.25, 0.3) is 0 Å². The van der Waals surface area contributed by atoms with Crippen LogP contribution in [0.1, 0.15) is 49.9 Å². The predicted molar refractivity (Wildman–Crippen MR) is 99.4 cm³/mol. The van der Waals surface area contributed by atoms with Gasteiger partial charge in [-0.1, -0.05) is 26.7 Å². The van der Waals surface area contributed by atoms with E-state index in [4.69, 9.17) is 5.73 Å². The van der Waals surface area contributed by atoms with Crippen LogP contribution in [0.4, 0.5) is 5.69 Å². The Bertz CT molecular complexity index is 701. The first kappa shape index (κ1) is 18.4. The highest BCUT2D eigenvalue weighted by molar-refractivity contribution is 5.98. The lowest BCUT2D eigenvalue weighted by Crippen LogP contribution is -2.45. The maximum Gasteiger partial charge on any atom is 0.248 e. The molecule has 1 heterocycles. The fourth-order valence-corrected chi connectivity index (χ4v) is 4.18. The van der Waals surface area contributed by atoms with Crippen LogP contribution in [0, 0.1) is 17.8 Å². The third-order valence-electron chi connectivity index (χ3n) is 6.03. The zero-order chi connectivity index (χ0) is 18.8. The van der Waals surface area contributed by atoms with E-state index in [1.807, 2.05) is 4.90 Å². The molecule has 1 saturated heterocycles. The van der Waals surface area contributed by atoms with Gasteiger partial charge in [-0.3, -0.25) is 14.4 Å². The third kappa shape index (κ3) is 3.74. The van der Waals surface area contributed by atoms with Gasteiger partial charge >= 0.3 is 0 Å². The quantitative estimate of drug-likeness (QED) is 0.866. The van der Waals surface area contributed by atoms with E-state index in [-0.39, 0.29) is 30.2 Å². The molecule has 1 aliphatic carbocycles. The minimum atomic E-state index is -0.504. The van der Waals surface area contributed by atoms with Gasteiger partial charge in [-0.2, -0.15) is 0 Å². The van der Waals surface area contributed by atoms with Gasteiger partial charge in [0, 0.05) is 30.3 Å². The average Bonchev–Trinajstić information content (AvgIpc) is 2.99. The second kappa shape index (κ2) is 7.48. The van der Waals surface area contributed by atoms with E-state index in [2.05, 4.69) is 19.2 Å². The zero-order valence-corrected chi connectivity index (χ0v) is 15.4. The minimum Gasteiger partial charge on any atom is -0.366 e. The Morgan fingerprint density at radius 3 is 2.50 bits per heavy atom. The maximum absolute atomic E-state index is 12.6. The molecule has 6 nitrogen and oxygen atoms in total. The smallest absolute Gasteiger partial charge is 0.248 e. The van der Waals surface area contributed by atoms with E-state index in [0.29, 0.717) is 29.6 Å². The van der Waals surface area contributed by atoms with Gasteiger partial charge in [-0.05, 0) is 42.5 Å². The van der Waals surface area contributed by atoms with Crippen molar-refractivity contribution in [3.05, 3.63) is 29.8 Å². The monoisotopic (exact) mass is 357 g/mol. The van der Waals surface area contributed by atoms with Crippen LogP contribution in [0.2, 0.25) is 0 Å². The van der Waals surface area contributed by atoms with Gasteiger partial charge in [-0.15, -0.1) is 0 Å². The SMILES string of the molecule is C[C@@H]1[C@H](C)CCC[C@@H]1N1C[C@H](C(=O)Nc2ccc(C(N)=O)cc2)CC1=O. The molecule has 3 N–H and O–H groups in total. The van der Waals surface area contributed by atoms with Crippen LogP contribution in [-0.2, 0) is 9.59 Å². The Balaban J connectivity index is 1.62. The number of primary amides is 1. The molecule has 0 radical (unpaired) electrons. The highest BCUT2D eigenvalue weighted by Gasteiger charge is 2.41. The summed E-state index contributed by atoms with van der Waals surface area (Å²) in [5.74, 6) is 0.178. The Labute approximate surface area is 154 Å². The van der Waals surface area contributed by atoms with Gasteiger partial charge in [0.2, 0.25) is 17.7 Å². The molecule has 2 fully saturated rings. The first-order valence-corrected chi connectivity index (χ1v) is 9.37. The van der Waals surface area contributed by atoms with Crippen LogP contribution >= 0.6 is 0 Å². The van der Waals surface area contributed by atoms with Crippen LogP contribution in [0.3, 0.4) is 0 Å². The van der Waals surface area contributed by atoms with Crippen molar-refractivity contribution in [2.75, 3.05) is 11.9 Å². The van der Waals surface area contributed by atoms with Crippen molar-refractivity contribution in [1.82, 2.24) is 4.90 Å². The maximum atomic E-state index is 12.6. The Morgan fingerprint density at radius 1 is 1.15 bits per heavy atom. The number of amides is 3. The van der Waals surface area contributed by atoms with E-state index in [1.54, 1.807) is 24.3 Å². The predicted octanol–water partition coefficient (Wildman–Crippen LogP) is 2.40. The number of nitrogens with one attached hydrogen (secondary N) is 1. The molecule has 140 valence electrons. The number of likely N-dealkylation sites (tertiary alicyclic amines) is 1. The van der Waals surface area contributed by atoms with Crippen LogP contribution in [-0.4, -0.2) is 35.2 Å². The number of benzene rings is 1. The van der Waals surface area contributed by atoms with Crippen LogP contribution in [0.15, 0.2) is 24.3 Å². The molecule has 3 rings (SSSR count). The fourth-order valence-electron chi connectivity index (χ4n) is 4.18. The molecule has 1 aliphatic heterocycles. The van der Waals surface area contributed by atoms with Gasteiger partial charge in [0.05, 0.1) is 5.92 Å². The molecule has 26 heavy (non-hydrogen) atoms. The molecule has 0 spiro atoms. The van der Waals surface area contributed by atoms with Crippen molar-refractivity contribution in [3.63, 3.8) is 0 Å². The van der Waals surface area contributed by atoms with Crippen LogP contribution in [0.25, 0.3) is 0 Å². The summed E-state index contributed by atoms with van der Waals surface area (Å²) in [5.41, 5.74) is 6.21. The average molecular weight is 357 g/mol. The second-order valence-corrected chi connectivity index (χ2v) is 7.71. The van der Waals surface area contributed by atoms with Crippen LogP contribution < -0.4 is 11.1 Å². The summed E-state index contributed by atoms with van der Waals surface area (Å²) in [6.07, 6.45) is 3.65. The second-order valence-electron chi connectivity index (χ2n) is 7.71. The van der Waals surface area contributed by atoms with Crippen LogP contribution in [0.5, 0.6) is 0 Å². The number of anilines is 1. The molecule has 0 bridgehead atoms. The van der Waals surface area contributed by atoms with Gasteiger partial charge in [0.1, 0.15) is 0 Å². The normalized spacial score (nSPS) is 28.8. The van der Waals surface area contributed by atoms with Crippen molar-refractivity contribution in [2.24, 2.45) is 23.5 Å². The van der Waals surface area contributed by atoms with Gasteiger partial charge in [0.15, 0.2) is 0 Å². The first-order valence-electron chi connectivity index (χ1n) is 9.37. The standard InChI is InChI=1S/C20H27N3O3/c1-12-4-3-5-17(13(12)2)23-11-15(10-18(23)24)20(26)22-16-8-6-14(7-9-16)19(21)25/h6-9,12-13,15,17H,3-5,10-11H2,1-2H3,(H2,21,25)(H,22,26)/t12-,13-,15-,17+/m1/s1. The van der Waals surface area contributed by atoms with E-state index in [1.165, 1.54) is 6.42 Å². The minimum absolute atomic E-state index is 0.0835. The molecule has 0 unspecified atom stereocenters. The molecule has 1 saturated carbocycles. The molecule has 4 atom stereocenters. The summed E-state index contributed by atoms with van der Waals surface area (Å²) in [7, 11) is 0. The number of hydrogen-bond acceptors (Lipinski definition) is 3. The molecule has 3 amide bonds. The Hall–Kier alpha value is -2.37. The molecular formula is C20H27N3O3. The molecule has 1 aromatic carbocycles. The Morgan fingerprint density at radius 2 is 1.85 bits per heavy atom. The Kier molecular flexibility index (Phi) is 5.30. The number of nitrogens with two attached hydrogens (primary N) is 1. The number of hydrogen-bond donors (Lipinski definition) is 2. The highest BCUT2D eigenvalue weighted by atomic mass is 16.2. The van der Waals surface area contributed by atoms with Gasteiger partial charge in [-0.25, -0.2) is 0 Å². The summed E-state index contributed by atoms with van der Waals surface area (Å²) in [6, 6.07) is 6.71. The van der Waals surface area contributed by atoms with Crippen molar-refractivity contribution in [3.8, 4) is 0 Å². The van der Waals surface area contributed by atoms with Crippen molar-refractivity contribution >= 4 is 23.4 Å². The molecule has 2 aliphatic rings. The lowest BCUT2D eigenvalue weighted by molar-refractivity contribution is -0.131. The summed E-state index contributed by atoms with van der Waals surface area (Å²) in [4.78, 5) is 38.1. The first-order chi connectivity index (χ1) is 12.4. The van der Waals surface area contributed by atoms with E-state index < -0.39 is 5.91 Å². The summed E-state index contributed by atoms with van der Waals surface area (Å²) in [5, 5.41) is 2.84. The third-order valence-corrected chi connectivity index (χ3v) is 6.03. The fraction of sp³-hybridized carbons (Fsp3) is 0.550. The number of carbonyl (C=O) groups is 3. The van der Waals surface area contributed by atoms with Gasteiger partial charge < -0.3 is 16.0 Å². The topological polar surface area (TPSA) is 92.5 Å². The summed E-state index contributed by atoms with van der Waals surface area (Å²) < 4.78 is 0. The van der Waals surface area contributed by atoms with Crippen molar-refractivity contribution in [2.45, 2.75) is 45.6 Å². The van der Waals surface area contributed by atoms with E-state index >= 15 is 0 Å². The highest BCUT2D eigenvalue weighted by Crippen LogP contribution is 2.35. The lowest BCUT2D eigenvalue weighted by atomic mass is 9.77. The number of carbonyl (C=O) groups excluding carboxylic acids is 3. The molecular weight excluding hydrogens is 330 g/mol. The zero-order valence-electron chi connectivity index (χ0n) is 15.4. The molecule has 0 aromatic heterocycles. The number of nitrogens with zero attached hydrogens (tertiary/aromatic N) is 1. The van der Waals surface area contributed by atoms with Crippen molar-refractivity contribution < 1.29 is 14.4 Å². The number of rotatable bonds is 4. The van der Waals surface area contributed by atoms with E-state index in [9.17, 15) is 14.4 Å². The lowest BCUT2D eigenvalue weighted by Gasteiger charge is -2.40. The van der Waals surface area contributed by atoms with E-state index in [0.717, 1.165) is 12.8 Å². The summed E-state index contributed by atoms with van der Waals surface area (Å²) >= 11 is 0. The largest absolute Gasteiger partial charge is 0.366 e. The summed E-state index contributed by atoms with van der Waals surface area (Å²) in [6.45, 7) is 4.96. The molecule has 1 aromatic rings. The molecule has 6 heteroatoms. The van der Waals surface area contributed by atoms with Crippen molar-refractivity contribution in [1.29, 1.82) is 0 Å².